The van der Waals surface area contributed by atoms with Crippen LogP contribution in [0.4, 0.5) is 0 Å². The number of carboxylic acids is 1. The average Bonchev–Trinajstić information content (AvgIpc) is 3.08. The zero-order valence-electron chi connectivity index (χ0n) is 28.8. The number of phenolic OH excluding ortho intramolecular Hbond substituents is 3. The third kappa shape index (κ3) is 5.91. The van der Waals surface area contributed by atoms with E-state index < -0.39 is 118 Å². The van der Waals surface area contributed by atoms with E-state index in [4.69, 9.17) is 14.2 Å². The minimum Gasteiger partial charge on any atom is -0.507 e. The van der Waals surface area contributed by atoms with Gasteiger partial charge in [-0.15, -0.1) is 0 Å². The number of carboxylic acid groups (broad SMARTS) is 1. The fourth-order valence-corrected chi connectivity index (χ4v) is 7.13. The van der Waals surface area contributed by atoms with Crippen molar-refractivity contribution in [3.05, 3.63) is 68.8 Å². The molecule has 2 aliphatic carbocycles. The number of ketones is 2. The molecule has 0 bridgehead atoms. The van der Waals surface area contributed by atoms with E-state index in [-0.39, 0.29) is 39.1 Å². The van der Waals surface area contributed by atoms with Gasteiger partial charge in [-0.1, -0.05) is 6.07 Å². The van der Waals surface area contributed by atoms with Crippen LogP contribution in [0.2, 0.25) is 0 Å². The normalized spacial score (nSPS) is 24.9. The fourth-order valence-electron chi connectivity index (χ4n) is 7.13. The number of amides is 2. The van der Waals surface area contributed by atoms with Gasteiger partial charge in [0.2, 0.25) is 5.91 Å². The highest BCUT2D eigenvalue weighted by Crippen LogP contribution is 2.57. The Bertz CT molecular complexity index is 2110. The van der Waals surface area contributed by atoms with Crippen molar-refractivity contribution in [2.45, 2.75) is 76.6 Å². The molecule has 17 heteroatoms. The Labute approximate surface area is 300 Å². The van der Waals surface area contributed by atoms with Gasteiger partial charge < -0.3 is 60.6 Å². The second-order valence-corrected chi connectivity index (χ2v) is 13.2. The molecular weight excluding hydrogens is 700 g/mol. The first-order valence-corrected chi connectivity index (χ1v) is 16.3. The lowest BCUT2D eigenvalue weighted by atomic mass is 9.74. The molecule has 3 aromatic rings. The number of rotatable bonds is 7. The third-order valence-corrected chi connectivity index (χ3v) is 9.74. The Morgan fingerprint density at radius 1 is 0.868 bits per heavy atom. The number of carbonyl (C=O) groups excluding carboxylic acids is 4. The number of aliphatic hydroxyl groups excluding tert-OH is 3. The van der Waals surface area contributed by atoms with Crippen molar-refractivity contribution in [1.82, 2.24) is 10.6 Å². The van der Waals surface area contributed by atoms with Crippen LogP contribution in [-0.2, 0) is 19.1 Å². The molecule has 0 spiro atoms. The van der Waals surface area contributed by atoms with Crippen molar-refractivity contribution in [1.29, 1.82) is 0 Å². The summed E-state index contributed by atoms with van der Waals surface area (Å²) in [4.78, 5) is 64.5. The lowest BCUT2D eigenvalue weighted by molar-refractivity contribution is -0.295. The van der Waals surface area contributed by atoms with Crippen LogP contribution in [0.1, 0.15) is 91.9 Å². The molecule has 3 aromatic carbocycles. The van der Waals surface area contributed by atoms with E-state index in [0.29, 0.717) is 0 Å². The van der Waals surface area contributed by atoms with E-state index >= 15 is 0 Å². The standard InChI is InChI=1S/C36H36N2O15/c1-10-6-18-23(29(44)20(10)34(48)37-11(2)35(49)50)22-16(28(43)33(18)53-36-32(47)31(46)25(12(3)52-36)38-13(4)39)9-17-24(30(22)45)27(42)15-7-14(51-5)8-19(40)21(15)26(17)41/h6-9,11-12,25,28,31-33,36,40,43-47H,1-5H3,(H,37,48)(H,38,39)(H,49,50)/t11-,12-,25+,28+,31+,32-,33+,36+/m1/s1. The van der Waals surface area contributed by atoms with E-state index in [2.05, 4.69) is 10.6 Å². The summed E-state index contributed by atoms with van der Waals surface area (Å²) >= 11 is 0. The number of fused-ring (bicyclic) bond motifs is 5. The van der Waals surface area contributed by atoms with Crippen LogP contribution < -0.4 is 15.4 Å². The molecule has 0 saturated carbocycles. The molecule has 8 atom stereocenters. The summed E-state index contributed by atoms with van der Waals surface area (Å²) in [6, 6.07) is 2.21. The first-order valence-electron chi connectivity index (χ1n) is 16.3. The number of nitrogens with one attached hydrogen (secondary N) is 2. The van der Waals surface area contributed by atoms with Gasteiger partial charge in [-0.3, -0.25) is 24.0 Å². The quantitative estimate of drug-likeness (QED) is 0.127. The van der Waals surface area contributed by atoms with Gasteiger partial charge in [-0.25, -0.2) is 0 Å². The Morgan fingerprint density at radius 3 is 2.11 bits per heavy atom. The molecule has 6 rings (SSSR count). The Hall–Kier alpha value is -5.59. The Balaban J connectivity index is 1.56. The second-order valence-electron chi connectivity index (χ2n) is 13.2. The van der Waals surface area contributed by atoms with Crippen molar-refractivity contribution < 1.29 is 73.9 Å². The van der Waals surface area contributed by atoms with Crippen LogP contribution >= 0.6 is 0 Å². The fraction of sp³-hybridized carbons (Fsp3) is 0.361. The Morgan fingerprint density at radius 2 is 1.49 bits per heavy atom. The van der Waals surface area contributed by atoms with Gasteiger partial charge in [-0.05, 0) is 49.6 Å². The smallest absolute Gasteiger partial charge is 0.325 e. The summed E-state index contributed by atoms with van der Waals surface area (Å²) in [5.41, 5.74) is -3.23. The summed E-state index contributed by atoms with van der Waals surface area (Å²) in [7, 11) is 1.27. The molecular formula is C36H36N2O15. The molecule has 9 N–H and O–H groups in total. The van der Waals surface area contributed by atoms with Crippen molar-refractivity contribution in [2.75, 3.05) is 7.11 Å². The van der Waals surface area contributed by atoms with Gasteiger partial charge >= 0.3 is 5.97 Å². The lowest BCUT2D eigenvalue weighted by Gasteiger charge is -2.44. The number of aromatic hydroxyl groups is 3. The number of aliphatic hydroxyl groups is 3. The number of ether oxygens (including phenoxy) is 3. The minimum absolute atomic E-state index is 0.0263. The zero-order valence-corrected chi connectivity index (χ0v) is 28.8. The highest BCUT2D eigenvalue weighted by atomic mass is 16.7. The summed E-state index contributed by atoms with van der Waals surface area (Å²) in [6.45, 7) is 5.27. The number of aliphatic carboxylic acids is 1. The molecule has 0 aromatic heterocycles. The van der Waals surface area contributed by atoms with Crippen molar-refractivity contribution in [3.63, 3.8) is 0 Å². The van der Waals surface area contributed by atoms with Gasteiger partial charge in [0, 0.05) is 35.2 Å². The third-order valence-electron chi connectivity index (χ3n) is 9.74. The molecule has 1 saturated heterocycles. The number of phenols is 3. The largest absolute Gasteiger partial charge is 0.507 e. The summed E-state index contributed by atoms with van der Waals surface area (Å²) in [6.07, 6.45) is -9.56. The molecule has 0 radical (unpaired) electrons. The van der Waals surface area contributed by atoms with Crippen molar-refractivity contribution in [2.24, 2.45) is 0 Å². The SMILES string of the molecule is COc1cc(O)c2c(c1)C(=O)c1c(cc3c(c1O)-c1c(cc(C)c(C(=O)N[C@H](C)C(=O)O)c1O)[C@H](O[C@@H]1O[C@H](C)[C@H](NC(C)=O)[C@H](O)[C@H]1O)[C@H]3O)C2=O. The average molecular weight is 737 g/mol. The highest BCUT2D eigenvalue weighted by Gasteiger charge is 2.48. The van der Waals surface area contributed by atoms with E-state index in [0.717, 1.165) is 12.1 Å². The van der Waals surface area contributed by atoms with Crippen LogP contribution in [0.15, 0.2) is 24.3 Å². The van der Waals surface area contributed by atoms with Crippen molar-refractivity contribution >= 4 is 29.4 Å². The number of benzene rings is 3. The number of methoxy groups -OCH3 is 1. The number of hydrogen-bond donors (Lipinski definition) is 9. The second kappa shape index (κ2) is 13.4. The molecule has 2 amide bonds. The van der Waals surface area contributed by atoms with Crippen molar-refractivity contribution in [3.8, 4) is 34.1 Å². The molecule has 0 unspecified atom stereocenters. The van der Waals surface area contributed by atoms with Gasteiger partial charge in [0.1, 0.15) is 53.5 Å². The molecule has 1 heterocycles. The maximum absolute atomic E-state index is 13.9. The maximum atomic E-state index is 13.9. The zero-order chi connectivity index (χ0) is 39.0. The lowest BCUT2D eigenvalue weighted by Crippen LogP contribution is -2.63. The van der Waals surface area contributed by atoms with Gasteiger partial charge in [0.25, 0.3) is 5.91 Å². The molecule has 53 heavy (non-hydrogen) atoms. The first-order chi connectivity index (χ1) is 24.9. The highest BCUT2D eigenvalue weighted by molar-refractivity contribution is 6.31. The molecule has 1 fully saturated rings. The van der Waals surface area contributed by atoms with Crippen LogP contribution in [0.3, 0.4) is 0 Å². The van der Waals surface area contributed by atoms with E-state index in [1.807, 2.05) is 0 Å². The van der Waals surface area contributed by atoms with E-state index in [1.165, 1.54) is 46.9 Å². The van der Waals surface area contributed by atoms with Gasteiger partial charge in [-0.2, -0.15) is 0 Å². The molecule has 17 nitrogen and oxygen atoms in total. The molecule has 280 valence electrons. The van der Waals surface area contributed by atoms with Crippen LogP contribution in [0, 0.1) is 6.92 Å². The van der Waals surface area contributed by atoms with E-state index in [1.54, 1.807) is 0 Å². The summed E-state index contributed by atoms with van der Waals surface area (Å²) in [5.74, 6) is -7.05. The number of aryl methyl sites for hydroxylation is 1. The van der Waals surface area contributed by atoms with Crippen LogP contribution in [0.25, 0.3) is 11.1 Å². The summed E-state index contributed by atoms with van der Waals surface area (Å²) < 4.78 is 17.1. The number of hydrogen-bond acceptors (Lipinski definition) is 14. The topological polar surface area (TPSA) is 279 Å². The van der Waals surface area contributed by atoms with Crippen LogP contribution in [0.5, 0.6) is 23.0 Å². The Kier molecular flexibility index (Phi) is 9.42. The summed E-state index contributed by atoms with van der Waals surface area (Å²) in [5, 5.41) is 82.4. The van der Waals surface area contributed by atoms with Crippen LogP contribution in [-0.4, -0.2) is 109 Å². The molecule has 3 aliphatic rings. The maximum Gasteiger partial charge on any atom is 0.325 e. The van der Waals surface area contributed by atoms with Gasteiger partial charge in [0.15, 0.2) is 17.9 Å². The predicted molar refractivity (Wildman–Crippen MR) is 179 cm³/mol. The minimum atomic E-state index is -1.86. The first kappa shape index (κ1) is 37.2. The monoisotopic (exact) mass is 736 g/mol. The predicted octanol–water partition coefficient (Wildman–Crippen LogP) is 0.842. The van der Waals surface area contributed by atoms with E-state index in [9.17, 15) is 59.7 Å². The van der Waals surface area contributed by atoms with Gasteiger partial charge in [0.05, 0.1) is 35.9 Å². The molecule has 1 aliphatic heterocycles. The number of carbonyl (C=O) groups is 5.